The first-order valence-corrected chi connectivity index (χ1v) is 14.6. The Labute approximate surface area is 213 Å². The largest absolute Gasteiger partial charge is 0.387 e. The third kappa shape index (κ3) is 6.52. The maximum atomic E-state index is 13.3. The highest BCUT2D eigenvalue weighted by atomic mass is 35.5. The molecule has 3 aromatic rings. The maximum absolute atomic E-state index is 13.3. The van der Waals surface area contributed by atoms with Crippen molar-refractivity contribution in [3.8, 4) is 0 Å². The van der Waals surface area contributed by atoms with Crippen LogP contribution in [0.2, 0.25) is 5.28 Å². The molecule has 0 aliphatic carbocycles. The molecule has 6 atom stereocenters. The third-order valence-corrected chi connectivity index (χ3v) is 9.16. The van der Waals surface area contributed by atoms with Crippen LogP contribution < -0.4 is 5.32 Å². The molecule has 1 fully saturated rings. The number of fused-ring (bicyclic) bond motifs is 1. The number of aliphatic hydroxyl groups is 2. The van der Waals surface area contributed by atoms with E-state index >= 15 is 0 Å². The van der Waals surface area contributed by atoms with E-state index in [-0.39, 0.29) is 34.3 Å². The van der Waals surface area contributed by atoms with Crippen LogP contribution in [0.15, 0.2) is 30.5 Å². The Kier molecular flexibility index (Phi) is 8.03. The zero-order chi connectivity index (χ0) is 27.1. The number of nitrogens with zero attached hydrogens (tertiary/aromatic N) is 4. The number of aliphatic hydroxyl groups excluding tert-OH is 2. The van der Waals surface area contributed by atoms with E-state index in [1.807, 2.05) is 0 Å². The molecule has 3 heterocycles. The van der Waals surface area contributed by atoms with Gasteiger partial charge in [-0.3, -0.25) is 9.13 Å². The predicted molar refractivity (Wildman–Crippen MR) is 127 cm³/mol. The van der Waals surface area contributed by atoms with Crippen LogP contribution >= 0.6 is 26.8 Å². The number of halogens is 2. The Hall–Kier alpha value is -2.03. The lowest BCUT2D eigenvalue weighted by Crippen LogP contribution is -2.33. The number of ether oxygens (including phenoxy) is 1. The van der Waals surface area contributed by atoms with Gasteiger partial charge in [0.1, 0.15) is 30.2 Å². The minimum absolute atomic E-state index is 0.160. The maximum Gasteiger partial charge on any atom is 0.340 e. The van der Waals surface area contributed by atoms with Crippen molar-refractivity contribution in [2.24, 2.45) is 0 Å². The number of rotatable bonds is 9. The second-order valence-corrected chi connectivity index (χ2v) is 12.7. The quantitative estimate of drug-likeness (QED) is 0.199. The van der Waals surface area contributed by atoms with Gasteiger partial charge in [0, 0.05) is 0 Å². The van der Waals surface area contributed by atoms with Crippen molar-refractivity contribution in [2.45, 2.75) is 37.4 Å². The summed E-state index contributed by atoms with van der Waals surface area (Å²) < 4.78 is 47.8. The smallest absolute Gasteiger partial charge is 0.340 e. The van der Waals surface area contributed by atoms with Gasteiger partial charge in [0.05, 0.1) is 24.5 Å². The number of benzene rings is 1. The molecule has 6 N–H and O–H groups in total. The van der Waals surface area contributed by atoms with Crippen molar-refractivity contribution >= 4 is 38.3 Å². The number of anilines is 1. The van der Waals surface area contributed by atoms with Gasteiger partial charge >= 0.3 is 15.2 Å². The van der Waals surface area contributed by atoms with Crippen LogP contribution in [0, 0.1) is 5.82 Å². The Morgan fingerprint density at radius 1 is 1.22 bits per heavy atom. The first kappa shape index (κ1) is 28.0. The van der Waals surface area contributed by atoms with Crippen LogP contribution in [0.5, 0.6) is 0 Å². The van der Waals surface area contributed by atoms with Crippen LogP contribution in [-0.4, -0.2) is 75.3 Å². The molecular weight excluding hydrogens is 559 g/mol. The fraction of sp³-hybridized carbons (Fsp3) is 0.421. The molecule has 0 saturated carbocycles. The molecule has 2 aromatic heterocycles. The topological polar surface area (TPSA) is 209 Å². The SMILES string of the molecule is C[C@H](Nc1nc(Cl)nn2c([C@@H]3O[C@H](COP(=O)(O)CP(=O)(O)O)[C@@H](O)[C@H]3O)cnc12)c1ccc(F)cc1. The van der Waals surface area contributed by atoms with Gasteiger partial charge in [-0.25, -0.2) is 13.9 Å². The molecule has 0 bridgehead atoms. The molecule has 1 aromatic carbocycles. The summed E-state index contributed by atoms with van der Waals surface area (Å²) in [5.41, 5.74) is 1.11. The number of hydrogen-bond acceptors (Lipinski definition) is 10. The summed E-state index contributed by atoms with van der Waals surface area (Å²) in [4.78, 5) is 35.9. The van der Waals surface area contributed by atoms with Crippen LogP contribution in [-0.2, 0) is 18.4 Å². The number of imidazole rings is 1. The summed E-state index contributed by atoms with van der Waals surface area (Å²) in [5, 5.41) is 28.0. The van der Waals surface area contributed by atoms with E-state index in [0.29, 0.717) is 0 Å². The van der Waals surface area contributed by atoms with E-state index in [1.165, 1.54) is 22.8 Å². The first-order valence-electron chi connectivity index (χ1n) is 10.7. The molecule has 202 valence electrons. The van der Waals surface area contributed by atoms with E-state index in [1.54, 1.807) is 19.1 Å². The van der Waals surface area contributed by atoms with Crippen LogP contribution in [0.1, 0.15) is 30.3 Å². The van der Waals surface area contributed by atoms with Crippen molar-refractivity contribution in [1.82, 2.24) is 19.6 Å². The van der Waals surface area contributed by atoms with E-state index in [4.69, 9.17) is 30.6 Å². The molecule has 0 amide bonds. The molecule has 37 heavy (non-hydrogen) atoms. The number of hydrogen-bond donors (Lipinski definition) is 6. The van der Waals surface area contributed by atoms with Gasteiger partial charge < -0.3 is 39.5 Å². The minimum atomic E-state index is -4.85. The van der Waals surface area contributed by atoms with Crippen molar-refractivity contribution in [1.29, 1.82) is 0 Å². The van der Waals surface area contributed by atoms with Gasteiger partial charge in [-0.2, -0.15) is 4.98 Å². The molecule has 1 unspecified atom stereocenters. The summed E-state index contributed by atoms with van der Waals surface area (Å²) in [5.74, 6) is -1.58. The van der Waals surface area contributed by atoms with Gasteiger partial charge in [0.15, 0.2) is 17.4 Å². The minimum Gasteiger partial charge on any atom is -0.387 e. The number of nitrogens with one attached hydrogen (secondary N) is 1. The van der Waals surface area contributed by atoms with Gasteiger partial charge in [0.25, 0.3) is 0 Å². The van der Waals surface area contributed by atoms with Crippen LogP contribution in [0.25, 0.3) is 5.65 Å². The first-order chi connectivity index (χ1) is 17.2. The fourth-order valence-corrected chi connectivity index (χ4v) is 6.53. The normalized spacial score (nSPS) is 24.8. The van der Waals surface area contributed by atoms with Crippen LogP contribution in [0.4, 0.5) is 10.2 Å². The molecule has 4 rings (SSSR count). The fourth-order valence-electron chi connectivity index (χ4n) is 3.80. The molecule has 0 spiro atoms. The second-order valence-electron chi connectivity index (χ2n) is 8.38. The molecule has 0 radical (unpaired) electrons. The molecule has 1 aliphatic rings. The van der Waals surface area contributed by atoms with Gasteiger partial charge in [-0.05, 0) is 36.2 Å². The highest BCUT2D eigenvalue weighted by molar-refractivity contribution is 7.70. The lowest BCUT2D eigenvalue weighted by Gasteiger charge is -2.18. The van der Waals surface area contributed by atoms with Crippen molar-refractivity contribution in [3.63, 3.8) is 0 Å². The highest BCUT2D eigenvalue weighted by Crippen LogP contribution is 2.55. The van der Waals surface area contributed by atoms with Crippen molar-refractivity contribution in [3.05, 3.63) is 52.8 Å². The predicted octanol–water partition coefficient (Wildman–Crippen LogP) is 1.59. The van der Waals surface area contributed by atoms with Crippen LogP contribution in [0.3, 0.4) is 0 Å². The summed E-state index contributed by atoms with van der Waals surface area (Å²) in [6.45, 7) is 1.07. The third-order valence-electron chi connectivity index (χ3n) is 5.54. The van der Waals surface area contributed by atoms with E-state index in [0.717, 1.165) is 5.56 Å². The average molecular weight is 582 g/mol. The number of aromatic nitrogens is 4. The van der Waals surface area contributed by atoms with E-state index < -0.39 is 52.1 Å². The molecular formula is C19H23ClFN5O9P2. The standard InChI is InChI=1S/C19H23ClFN5O9P2/c1-9(10-2-4-11(21)5-3-10)23-17-18-22-6-12(26(18)25-19(20)24-17)16-15(28)14(27)13(35-16)7-34-37(32,33)8-36(29,30)31/h2-6,9,13-16,27-28H,7-8H2,1H3,(H,32,33)(H,23,24,25)(H2,29,30,31)/t9-,13+,14+,15+,16-/m0/s1. The van der Waals surface area contributed by atoms with Crippen molar-refractivity contribution < 1.29 is 47.7 Å². The molecule has 14 nitrogen and oxygen atoms in total. The second kappa shape index (κ2) is 10.6. The van der Waals surface area contributed by atoms with Crippen molar-refractivity contribution in [2.75, 3.05) is 17.8 Å². The Balaban J connectivity index is 1.55. The summed E-state index contributed by atoms with van der Waals surface area (Å²) in [7, 11) is -9.56. The Morgan fingerprint density at radius 3 is 2.54 bits per heavy atom. The zero-order valence-corrected chi connectivity index (χ0v) is 21.5. The lowest BCUT2D eigenvalue weighted by atomic mass is 10.1. The molecule has 18 heteroatoms. The summed E-state index contributed by atoms with van der Waals surface area (Å²) >= 11 is 6.10. The zero-order valence-electron chi connectivity index (χ0n) is 19.0. The Bertz CT molecular complexity index is 1370. The van der Waals surface area contributed by atoms with Gasteiger partial charge in [-0.15, -0.1) is 5.10 Å². The highest BCUT2D eigenvalue weighted by Gasteiger charge is 2.46. The van der Waals surface area contributed by atoms with Gasteiger partial charge in [0.2, 0.25) is 5.28 Å². The Morgan fingerprint density at radius 2 is 1.89 bits per heavy atom. The lowest BCUT2D eigenvalue weighted by molar-refractivity contribution is -0.0204. The van der Waals surface area contributed by atoms with E-state index in [9.17, 15) is 28.6 Å². The summed E-state index contributed by atoms with van der Waals surface area (Å²) in [6, 6.07) is 5.49. The molecule has 1 aliphatic heterocycles. The van der Waals surface area contributed by atoms with E-state index in [2.05, 4.69) is 20.4 Å². The monoisotopic (exact) mass is 581 g/mol. The van der Waals surface area contributed by atoms with Gasteiger partial charge in [-0.1, -0.05) is 12.1 Å². The average Bonchev–Trinajstić information content (AvgIpc) is 3.32. The molecule has 1 saturated heterocycles. The summed E-state index contributed by atoms with van der Waals surface area (Å²) in [6.07, 6.45) is -4.37.